The van der Waals surface area contributed by atoms with Gasteiger partial charge in [0.1, 0.15) is 0 Å². The molecule has 0 unspecified atom stereocenters. The Bertz CT molecular complexity index is 500. The van der Waals surface area contributed by atoms with Gasteiger partial charge in [-0.25, -0.2) is 4.98 Å². The number of pyridine rings is 1. The first-order valence-corrected chi connectivity index (χ1v) is 6.82. The summed E-state index contributed by atoms with van der Waals surface area (Å²) in [7, 11) is 0. The minimum Gasteiger partial charge on any atom is -0.489 e. The largest absolute Gasteiger partial charge is 0.489 e. The zero-order chi connectivity index (χ0) is 14.5. The summed E-state index contributed by atoms with van der Waals surface area (Å²) < 4.78 is 5.59. The van der Waals surface area contributed by atoms with Crippen molar-refractivity contribution in [2.45, 2.75) is 32.4 Å². The molecular formula is C15H20N2O3. The van der Waals surface area contributed by atoms with E-state index < -0.39 is 0 Å². The van der Waals surface area contributed by atoms with Gasteiger partial charge in [0.2, 0.25) is 0 Å². The molecule has 5 heteroatoms. The molecule has 1 heterocycles. The molecule has 108 valence electrons. The highest BCUT2D eigenvalue weighted by Crippen LogP contribution is 2.20. The van der Waals surface area contributed by atoms with Crippen molar-refractivity contribution in [1.29, 1.82) is 0 Å². The highest BCUT2D eigenvalue weighted by atomic mass is 16.5. The minimum atomic E-state index is -0.255. The number of aliphatic hydroxyl groups excluding tert-OH is 1. The molecule has 0 aliphatic heterocycles. The van der Waals surface area contributed by atoms with Gasteiger partial charge in [-0.15, -0.1) is 0 Å². The van der Waals surface area contributed by atoms with Crippen molar-refractivity contribution in [2.75, 3.05) is 6.61 Å². The monoisotopic (exact) mass is 276 g/mol. The Morgan fingerprint density at radius 3 is 3.00 bits per heavy atom. The molecule has 1 aromatic heterocycles. The molecule has 2 N–H and O–H groups in total. The predicted octanol–water partition coefficient (Wildman–Crippen LogP) is 1.54. The van der Waals surface area contributed by atoms with Crippen molar-refractivity contribution in [3.63, 3.8) is 0 Å². The van der Waals surface area contributed by atoms with Crippen LogP contribution in [0.25, 0.3) is 0 Å². The second kappa shape index (κ2) is 6.52. The fraction of sp³-hybridized carbons (Fsp3) is 0.467. The van der Waals surface area contributed by atoms with Crippen LogP contribution < -0.4 is 10.1 Å². The van der Waals surface area contributed by atoms with Crippen LogP contribution in [0.4, 0.5) is 0 Å². The van der Waals surface area contributed by atoms with Gasteiger partial charge in [0.15, 0.2) is 11.4 Å². The van der Waals surface area contributed by atoms with E-state index in [9.17, 15) is 4.79 Å². The lowest BCUT2D eigenvalue weighted by atomic mass is 10.1. The molecule has 0 saturated carbocycles. The third-order valence-electron chi connectivity index (χ3n) is 3.07. The van der Waals surface area contributed by atoms with Crippen LogP contribution >= 0.6 is 0 Å². The maximum absolute atomic E-state index is 12.2. The molecule has 1 amide bonds. The number of hydrogen-bond acceptors (Lipinski definition) is 4. The summed E-state index contributed by atoms with van der Waals surface area (Å²) >= 11 is 0. The Morgan fingerprint density at radius 1 is 1.55 bits per heavy atom. The van der Waals surface area contributed by atoms with E-state index in [0.29, 0.717) is 11.4 Å². The predicted molar refractivity (Wildman–Crippen MR) is 75.6 cm³/mol. The molecule has 2 rings (SSSR count). The number of carbonyl (C=O) groups is 1. The van der Waals surface area contributed by atoms with Crippen molar-refractivity contribution < 1.29 is 14.6 Å². The molecule has 0 spiro atoms. The van der Waals surface area contributed by atoms with Crippen LogP contribution in [0, 0.1) is 5.92 Å². The first-order valence-electron chi connectivity index (χ1n) is 6.82. The van der Waals surface area contributed by atoms with Crippen LogP contribution in [-0.2, 0) is 0 Å². The first-order chi connectivity index (χ1) is 9.60. The van der Waals surface area contributed by atoms with Crippen molar-refractivity contribution in [3.05, 3.63) is 36.2 Å². The number of hydrogen-bond donors (Lipinski definition) is 2. The van der Waals surface area contributed by atoms with Crippen LogP contribution in [-0.4, -0.2) is 34.8 Å². The summed E-state index contributed by atoms with van der Waals surface area (Å²) in [4.78, 5) is 16.4. The fourth-order valence-electron chi connectivity index (χ4n) is 2.16. The third kappa shape index (κ3) is 3.57. The zero-order valence-electron chi connectivity index (χ0n) is 11.7. The third-order valence-corrected chi connectivity index (χ3v) is 3.07. The van der Waals surface area contributed by atoms with E-state index in [1.807, 2.05) is 26.0 Å². The summed E-state index contributed by atoms with van der Waals surface area (Å²) in [5.41, 5.74) is 0.294. The summed E-state index contributed by atoms with van der Waals surface area (Å²) in [6.07, 6.45) is 6.11. The smallest absolute Gasteiger partial charge is 0.274 e. The van der Waals surface area contributed by atoms with Crippen LogP contribution in [0.5, 0.6) is 5.75 Å². The van der Waals surface area contributed by atoms with Gasteiger partial charge in [0.25, 0.3) is 5.91 Å². The maximum Gasteiger partial charge on any atom is 0.274 e. The Hall–Kier alpha value is -1.88. The number of amides is 1. The highest BCUT2D eigenvalue weighted by Gasteiger charge is 2.22. The highest BCUT2D eigenvalue weighted by molar-refractivity contribution is 5.95. The Morgan fingerprint density at radius 2 is 2.35 bits per heavy atom. The van der Waals surface area contributed by atoms with Gasteiger partial charge in [-0.05, 0) is 32.4 Å². The standard InChI is InChI=1S/C15H20N2O3/c1-10(2)20-13-4-3-7-16-14(13)15(19)17-12-6-5-11(8-12)9-18/h3-7,10-12,18H,8-9H2,1-2H3,(H,17,19)/t11-,12+/m0/s1. The summed E-state index contributed by atoms with van der Waals surface area (Å²) in [5, 5.41) is 12.0. The first kappa shape index (κ1) is 14.5. The number of rotatable bonds is 5. The number of carbonyl (C=O) groups excluding carboxylic acids is 1. The maximum atomic E-state index is 12.2. The summed E-state index contributed by atoms with van der Waals surface area (Å²) in [6, 6.07) is 3.42. The zero-order valence-corrected chi connectivity index (χ0v) is 11.7. The van der Waals surface area contributed by atoms with Crippen molar-refractivity contribution in [1.82, 2.24) is 10.3 Å². The lowest BCUT2D eigenvalue weighted by Crippen LogP contribution is -2.33. The van der Waals surface area contributed by atoms with Crippen LogP contribution in [0.1, 0.15) is 30.8 Å². The fourth-order valence-corrected chi connectivity index (χ4v) is 2.16. The van der Waals surface area contributed by atoms with Crippen molar-refractivity contribution in [2.24, 2.45) is 5.92 Å². The lowest BCUT2D eigenvalue weighted by Gasteiger charge is -2.15. The van der Waals surface area contributed by atoms with E-state index in [1.54, 1.807) is 18.3 Å². The number of nitrogens with zero attached hydrogens (tertiary/aromatic N) is 1. The van der Waals surface area contributed by atoms with Gasteiger partial charge in [-0.1, -0.05) is 12.2 Å². The number of ether oxygens (including phenoxy) is 1. The van der Waals surface area contributed by atoms with Gasteiger partial charge < -0.3 is 15.2 Å². The Labute approximate surface area is 118 Å². The second-order valence-corrected chi connectivity index (χ2v) is 5.16. The summed E-state index contributed by atoms with van der Waals surface area (Å²) in [5.74, 6) is 0.352. The van der Waals surface area contributed by atoms with E-state index in [-0.39, 0.29) is 30.6 Å². The van der Waals surface area contributed by atoms with E-state index in [4.69, 9.17) is 9.84 Å². The average Bonchev–Trinajstić information content (AvgIpc) is 2.86. The molecule has 2 atom stereocenters. The second-order valence-electron chi connectivity index (χ2n) is 5.16. The molecular weight excluding hydrogens is 256 g/mol. The van der Waals surface area contributed by atoms with Crippen LogP contribution in [0.3, 0.4) is 0 Å². The summed E-state index contributed by atoms with van der Waals surface area (Å²) in [6.45, 7) is 3.91. The SMILES string of the molecule is CC(C)Oc1cccnc1C(=O)N[C@@H]1C=C[C@H](CO)C1. The van der Waals surface area contributed by atoms with Crippen LogP contribution in [0.15, 0.2) is 30.5 Å². The molecule has 0 aromatic carbocycles. The molecule has 0 saturated heterocycles. The molecule has 0 radical (unpaired) electrons. The van der Waals surface area contributed by atoms with Gasteiger partial charge in [-0.2, -0.15) is 0 Å². The quantitative estimate of drug-likeness (QED) is 0.800. The molecule has 0 bridgehead atoms. The van der Waals surface area contributed by atoms with Crippen LogP contribution in [0.2, 0.25) is 0 Å². The molecule has 1 aliphatic carbocycles. The lowest BCUT2D eigenvalue weighted by molar-refractivity contribution is 0.0929. The van der Waals surface area contributed by atoms with E-state index in [1.165, 1.54) is 0 Å². The van der Waals surface area contributed by atoms with Gasteiger partial charge in [0.05, 0.1) is 6.10 Å². The average molecular weight is 276 g/mol. The molecule has 1 aromatic rings. The number of aliphatic hydroxyl groups is 1. The Kier molecular flexibility index (Phi) is 4.74. The topological polar surface area (TPSA) is 71.5 Å². The van der Waals surface area contributed by atoms with Gasteiger partial charge in [-0.3, -0.25) is 4.79 Å². The minimum absolute atomic E-state index is 0.0177. The number of nitrogens with one attached hydrogen (secondary N) is 1. The molecule has 20 heavy (non-hydrogen) atoms. The molecule has 0 fully saturated rings. The van der Waals surface area contributed by atoms with Crippen molar-refractivity contribution in [3.8, 4) is 5.75 Å². The van der Waals surface area contributed by atoms with E-state index in [2.05, 4.69) is 10.3 Å². The number of aromatic nitrogens is 1. The normalized spacial score (nSPS) is 21.2. The molecule has 5 nitrogen and oxygen atoms in total. The van der Waals surface area contributed by atoms with Gasteiger partial charge in [0, 0.05) is 24.8 Å². The van der Waals surface area contributed by atoms with E-state index >= 15 is 0 Å². The van der Waals surface area contributed by atoms with Gasteiger partial charge >= 0.3 is 0 Å². The van der Waals surface area contributed by atoms with E-state index in [0.717, 1.165) is 6.42 Å². The molecule has 1 aliphatic rings. The van der Waals surface area contributed by atoms with Crippen molar-refractivity contribution >= 4 is 5.91 Å². The Balaban J connectivity index is 2.04.